The van der Waals surface area contributed by atoms with Crippen LogP contribution in [0.1, 0.15) is 35.5 Å². The van der Waals surface area contributed by atoms with Gasteiger partial charge in [0.2, 0.25) is 5.91 Å². The second kappa shape index (κ2) is 8.46. The van der Waals surface area contributed by atoms with E-state index in [0.29, 0.717) is 28.0 Å². The van der Waals surface area contributed by atoms with E-state index < -0.39 is 0 Å². The molecule has 0 aliphatic heterocycles. The van der Waals surface area contributed by atoms with Crippen LogP contribution < -0.4 is 5.32 Å². The fraction of sp³-hybridized carbons (Fsp3) is 0.200. The summed E-state index contributed by atoms with van der Waals surface area (Å²) >= 11 is 12.4. The number of nitrogens with one attached hydrogen (secondary N) is 1. The monoisotopic (exact) mass is 403 g/mol. The molecule has 0 unspecified atom stereocenters. The minimum absolute atomic E-state index is 0.221. The first-order valence-electron chi connectivity index (χ1n) is 8.43. The Balaban J connectivity index is 1.69. The van der Waals surface area contributed by atoms with Gasteiger partial charge in [0.15, 0.2) is 0 Å². The third kappa shape index (κ3) is 4.81. The van der Waals surface area contributed by atoms with E-state index >= 15 is 0 Å². The fourth-order valence-electron chi connectivity index (χ4n) is 2.65. The lowest BCUT2D eigenvalue weighted by Crippen LogP contribution is -2.24. The predicted octanol–water partition coefficient (Wildman–Crippen LogP) is 5.03. The Hall–Kier alpha value is -2.50. The number of benzene rings is 1. The molecule has 1 N–H and O–H groups in total. The zero-order valence-corrected chi connectivity index (χ0v) is 16.5. The maximum absolute atomic E-state index is 12.2. The van der Waals surface area contributed by atoms with Crippen molar-refractivity contribution < 1.29 is 9.21 Å². The van der Waals surface area contributed by atoms with Crippen molar-refractivity contribution in [2.24, 2.45) is 0 Å². The van der Waals surface area contributed by atoms with Crippen LogP contribution in [-0.4, -0.2) is 15.7 Å². The molecule has 0 saturated heterocycles. The number of halogens is 2. The van der Waals surface area contributed by atoms with Crippen molar-refractivity contribution in [2.45, 2.75) is 26.4 Å². The molecule has 0 fully saturated rings. The molecule has 0 aliphatic carbocycles. The molecule has 0 aliphatic rings. The van der Waals surface area contributed by atoms with Gasteiger partial charge in [0.1, 0.15) is 10.9 Å². The van der Waals surface area contributed by atoms with Crippen molar-refractivity contribution in [3.8, 4) is 0 Å². The maximum atomic E-state index is 12.2. The molecule has 1 aromatic carbocycles. The van der Waals surface area contributed by atoms with Gasteiger partial charge in [-0.15, -0.1) is 0 Å². The number of hydrogen-bond donors (Lipinski definition) is 1. The Morgan fingerprint density at radius 2 is 2.04 bits per heavy atom. The number of aromatic nitrogens is 2. The molecule has 2 aromatic heterocycles. The van der Waals surface area contributed by atoms with Crippen LogP contribution in [0.5, 0.6) is 0 Å². The summed E-state index contributed by atoms with van der Waals surface area (Å²) in [4.78, 5) is 12.2. The van der Waals surface area contributed by atoms with E-state index in [9.17, 15) is 4.79 Å². The van der Waals surface area contributed by atoms with Gasteiger partial charge in [0, 0.05) is 16.7 Å². The molecule has 0 saturated carbocycles. The number of aryl methyl sites for hydroxylation is 1. The molecule has 0 spiro atoms. The van der Waals surface area contributed by atoms with Gasteiger partial charge in [0.05, 0.1) is 24.5 Å². The highest BCUT2D eigenvalue weighted by Gasteiger charge is 2.13. The third-order valence-electron chi connectivity index (χ3n) is 4.09. The maximum Gasteiger partial charge on any atom is 0.244 e. The van der Waals surface area contributed by atoms with E-state index in [4.69, 9.17) is 27.6 Å². The molecule has 140 valence electrons. The standard InChI is InChI=1S/C20H19Cl2N3O2/c1-13-17(9-10-19(26)23-14(2)18-4-3-11-27-18)20(22)25(24-13)12-15-5-7-16(21)8-6-15/h3-11,14H,12H2,1-2H3,(H,23,26)/b10-9+/t14-/m0/s1. The van der Waals surface area contributed by atoms with Crippen molar-refractivity contribution >= 4 is 35.2 Å². The smallest absolute Gasteiger partial charge is 0.244 e. The van der Waals surface area contributed by atoms with Gasteiger partial charge in [-0.1, -0.05) is 35.3 Å². The van der Waals surface area contributed by atoms with Crippen molar-refractivity contribution in [1.29, 1.82) is 0 Å². The topological polar surface area (TPSA) is 60.1 Å². The van der Waals surface area contributed by atoms with Gasteiger partial charge in [0.25, 0.3) is 0 Å². The van der Waals surface area contributed by atoms with Crippen LogP contribution in [0.2, 0.25) is 10.2 Å². The zero-order valence-electron chi connectivity index (χ0n) is 14.9. The Morgan fingerprint density at radius 3 is 2.70 bits per heavy atom. The third-order valence-corrected chi connectivity index (χ3v) is 4.74. The number of carbonyl (C=O) groups excluding carboxylic acids is 1. The van der Waals surface area contributed by atoms with Gasteiger partial charge in [-0.2, -0.15) is 5.10 Å². The summed E-state index contributed by atoms with van der Waals surface area (Å²) in [6.45, 7) is 4.23. The van der Waals surface area contributed by atoms with Crippen LogP contribution in [0.15, 0.2) is 53.2 Å². The zero-order chi connectivity index (χ0) is 19.4. The van der Waals surface area contributed by atoms with E-state index in [1.54, 1.807) is 23.1 Å². The fourth-order valence-corrected chi connectivity index (χ4v) is 3.08. The van der Waals surface area contributed by atoms with Crippen molar-refractivity contribution in [2.75, 3.05) is 0 Å². The molecular formula is C20H19Cl2N3O2. The molecule has 2 heterocycles. The van der Waals surface area contributed by atoms with Crippen LogP contribution in [-0.2, 0) is 11.3 Å². The van der Waals surface area contributed by atoms with E-state index in [0.717, 1.165) is 11.3 Å². The van der Waals surface area contributed by atoms with E-state index in [1.807, 2.05) is 44.2 Å². The summed E-state index contributed by atoms with van der Waals surface area (Å²) in [5.41, 5.74) is 2.49. The summed E-state index contributed by atoms with van der Waals surface area (Å²) in [6, 6.07) is 10.9. The van der Waals surface area contributed by atoms with Crippen molar-refractivity contribution in [3.05, 3.63) is 81.5 Å². The van der Waals surface area contributed by atoms with Crippen LogP contribution in [0, 0.1) is 6.92 Å². The molecule has 0 radical (unpaired) electrons. The molecule has 0 bridgehead atoms. The first-order chi connectivity index (χ1) is 12.9. The summed E-state index contributed by atoms with van der Waals surface area (Å²) in [5.74, 6) is 0.460. The van der Waals surface area contributed by atoms with E-state index in [2.05, 4.69) is 10.4 Å². The Kier molecular flexibility index (Phi) is 6.04. The summed E-state index contributed by atoms with van der Waals surface area (Å²) < 4.78 is 6.98. The minimum atomic E-state index is -0.236. The molecule has 7 heteroatoms. The highest BCUT2D eigenvalue weighted by atomic mass is 35.5. The number of hydrogen-bond acceptors (Lipinski definition) is 3. The van der Waals surface area contributed by atoms with Crippen LogP contribution >= 0.6 is 23.2 Å². The van der Waals surface area contributed by atoms with Gasteiger partial charge < -0.3 is 9.73 Å². The lowest BCUT2D eigenvalue weighted by Gasteiger charge is -2.08. The highest BCUT2D eigenvalue weighted by molar-refractivity contribution is 6.31. The Morgan fingerprint density at radius 1 is 1.30 bits per heavy atom. The summed E-state index contributed by atoms with van der Waals surface area (Å²) in [6.07, 6.45) is 4.70. The first kappa shape index (κ1) is 19.3. The first-order valence-corrected chi connectivity index (χ1v) is 9.19. The van der Waals surface area contributed by atoms with Crippen LogP contribution in [0.4, 0.5) is 0 Å². The SMILES string of the molecule is Cc1nn(Cc2ccc(Cl)cc2)c(Cl)c1/C=C/C(=O)N[C@@H](C)c1ccco1. The highest BCUT2D eigenvalue weighted by Crippen LogP contribution is 2.23. The number of carbonyl (C=O) groups is 1. The molecular weight excluding hydrogens is 385 g/mol. The van der Waals surface area contributed by atoms with Crippen molar-refractivity contribution in [1.82, 2.24) is 15.1 Å². The molecule has 1 atom stereocenters. The number of amides is 1. The largest absolute Gasteiger partial charge is 0.467 e. The quantitative estimate of drug-likeness (QED) is 0.587. The summed E-state index contributed by atoms with van der Waals surface area (Å²) in [5, 5.41) is 8.46. The molecule has 3 rings (SSSR count). The number of nitrogens with zero attached hydrogens (tertiary/aromatic N) is 2. The molecule has 3 aromatic rings. The van der Waals surface area contributed by atoms with Gasteiger partial charge in [-0.3, -0.25) is 4.79 Å². The van der Waals surface area contributed by atoms with E-state index in [-0.39, 0.29) is 11.9 Å². The average Bonchev–Trinajstić information content (AvgIpc) is 3.25. The van der Waals surface area contributed by atoms with Crippen LogP contribution in [0.3, 0.4) is 0 Å². The van der Waals surface area contributed by atoms with Gasteiger partial charge in [-0.05, 0) is 49.8 Å². The molecule has 5 nitrogen and oxygen atoms in total. The van der Waals surface area contributed by atoms with Gasteiger partial charge in [-0.25, -0.2) is 4.68 Å². The second-order valence-electron chi connectivity index (χ2n) is 6.15. The normalized spacial score (nSPS) is 12.4. The minimum Gasteiger partial charge on any atom is -0.467 e. The predicted molar refractivity (Wildman–Crippen MR) is 107 cm³/mol. The lowest BCUT2D eigenvalue weighted by atomic mass is 10.2. The van der Waals surface area contributed by atoms with Crippen molar-refractivity contribution in [3.63, 3.8) is 0 Å². The van der Waals surface area contributed by atoms with Crippen LogP contribution in [0.25, 0.3) is 6.08 Å². The second-order valence-corrected chi connectivity index (χ2v) is 6.95. The number of rotatable bonds is 6. The Bertz CT molecular complexity index is 945. The number of furan rings is 1. The van der Waals surface area contributed by atoms with Gasteiger partial charge >= 0.3 is 0 Å². The summed E-state index contributed by atoms with van der Waals surface area (Å²) in [7, 11) is 0. The average molecular weight is 404 g/mol. The van der Waals surface area contributed by atoms with E-state index in [1.165, 1.54) is 6.08 Å². The lowest BCUT2D eigenvalue weighted by molar-refractivity contribution is -0.117. The molecule has 27 heavy (non-hydrogen) atoms. The Labute approximate surface area is 167 Å². The molecule has 1 amide bonds.